The molecule has 0 saturated carbocycles. The Labute approximate surface area is 140 Å². The van der Waals surface area contributed by atoms with E-state index >= 15 is 0 Å². The smallest absolute Gasteiger partial charge is 0.323 e. The van der Waals surface area contributed by atoms with Gasteiger partial charge in [0.15, 0.2) is 0 Å². The van der Waals surface area contributed by atoms with Gasteiger partial charge in [-0.2, -0.15) is 11.8 Å². The molecule has 0 unspecified atom stereocenters. The third kappa shape index (κ3) is 5.32. The second kappa shape index (κ2) is 8.06. The van der Waals surface area contributed by atoms with Gasteiger partial charge in [0.2, 0.25) is 5.91 Å². The molecule has 124 valence electrons. The van der Waals surface area contributed by atoms with Crippen molar-refractivity contribution in [3.05, 3.63) is 30.5 Å². The molecule has 1 heterocycles. The van der Waals surface area contributed by atoms with Crippen molar-refractivity contribution in [1.29, 1.82) is 0 Å². The highest BCUT2D eigenvalue weighted by molar-refractivity contribution is 7.99. The van der Waals surface area contributed by atoms with E-state index < -0.39 is 5.97 Å². The summed E-state index contributed by atoms with van der Waals surface area (Å²) < 4.78 is 1.67. The van der Waals surface area contributed by atoms with Crippen LogP contribution in [0, 0.1) is 5.92 Å². The number of hydrogen-bond donors (Lipinski definition) is 2. The molecule has 0 aliphatic heterocycles. The van der Waals surface area contributed by atoms with E-state index in [0.29, 0.717) is 11.7 Å². The van der Waals surface area contributed by atoms with Crippen molar-refractivity contribution in [1.82, 2.24) is 4.57 Å². The van der Waals surface area contributed by atoms with Crippen molar-refractivity contribution < 1.29 is 14.7 Å². The summed E-state index contributed by atoms with van der Waals surface area (Å²) in [7, 11) is 0. The minimum absolute atomic E-state index is 0.0110. The van der Waals surface area contributed by atoms with Gasteiger partial charge >= 0.3 is 5.97 Å². The van der Waals surface area contributed by atoms with Gasteiger partial charge in [0, 0.05) is 22.8 Å². The number of amides is 1. The fourth-order valence-electron chi connectivity index (χ4n) is 2.24. The van der Waals surface area contributed by atoms with E-state index in [1.165, 1.54) is 0 Å². The predicted octanol–water partition coefficient (Wildman–Crippen LogP) is 3.44. The van der Waals surface area contributed by atoms with Crippen molar-refractivity contribution in [2.75, 3.05) is 16.8 Å². The summed E-state index contributed by atoms with van der Waals surface area (Å²) in [4.78, 5) is 22.7. The molecule has 0 saturated heterocycles. The fourth-order valence-corrected chi connectivity index (χ4v) is 3.28. The number of anilines is 1. The molecule has 2 aromatic rings. The fraction of sp³-hybridized carbons (Fsp3) is 0.412. The number of hydrogen-bond acceptors (Lipinski definition) is 3. The highest BCUT2D eigenvalue weighted by atomic mass is 32.2. The first-order valence-corrected chi connectivity index (χ1v) is 8.79. The van der Waals surface area contributed by atoms with Crippen molar-refractivity contribution in [2.45, 2.75) is 26.8 Å². The zero-order chi connectivity index (χ0) is 16.8. The Morgan fingerprint density at radius 1 is 1.30 bits per heavy atom. The molecular formula is C17H22N2O3S. The lowest BCUT2D eigenvalue weighted by Crippen LogP contribution is -2.14. The number of thioether (sulfide) groups is 1. The largest absolute Gasteiger partial charge is 0.480 e. The van der Waals surface area contributed by atoms with Gasteiger partial charge in [0.05, 0.1) is 5.75 Å². The first kappa shape index (κ1) is 17.4. The molecule has 0 aliphatic rings. The molecule has 6 heteroatoms. The van der Waals surface area contributed by atoms with Crippen molar-refractivity contribution in [2.24, 2.45) is 5.92 Å². The first-order chi connectivity index (χ1) is 11.0. The average molecular weight is 334 g/mol. The highest BCUT2D eigenvalue weighted by Gasteiger charge is 2.07. The lowest BCUT2D eigenvalue weighted by molar-refractivity contribution is -0.137. The SMILES string of the molecule is CC(C)CCSCC(=O)Nc1ccc2c(ccn2CC(=O)O)c1. The van der Waals surface area contributed by atoms with Gasteiger partial charge in [-0.25, -0.2) is 0 Å². The molecule has 1 aromatic carbocycles. The van der Waals surface area contributed by atoms with Crippen LogP contribution in [0.25, 0.3) is 10.9 Å². The molecule has 23 heavy (non-hydrogen) atoms. The van der Waals surface area contributed by atoms with Crippen LogP contribution in [-0.4, -0.2) is 33.1 Å². The molecular weight excluding hydrogens is 312 g/mol. The van der Waals surface area contributed by atoms with Crippen LogP contribution in [0.2, 0.25) is 0 Å². The molecule has 0 aliphatic carbocycles. The van der Waals surface area contributed by atoms with E-state index in [2.05, 4.69) is 19.2 Å². The van der Waals surface area contributed by atoms with Gasteiger partial charge in [0.25, 0.3) is 0 Å². The number of aliphatic carboxylic acids is 1. The summed E-state index contributed by atoms with van der Waals surface area (Å²) in [5.41, 5.74) is 1.58. The Balaban J connectivity index is 1.93. The quantitative estimate of drug-likeness (QED) is 0.725. The molecule has 1 amide bonds. The van der Waals surface area contributed by atoms with Crippen LogP contribution in [0.15, 0.2) is 30.5 Å². The molecule has 0 spiro atoms. The zero-order valence-corrected chi connectivity index (χ0v) is 14.2. The van der Waals surface area contributed by atoms with Gasteiger partial charge in [-0.05, 0) is 42.4 Å². The standard InChI is InChI=1S/C17H22N2O3S/c1-12(2)6-8-23-11-16(20)18-14-3-4-15-13(9-14)5-7-19(15)10-17(21)22/h3-5,7,9,12H,6,8,10-11H2,1-2H3,(H,18,20)(H,21,22). The van der Waals surface area contributed by atoms with Gasteiger partial charge < -0.3 is 15.0 Å². The normalized spacial score (nSPS) is 11.1. The maximum absolute atomic E-state index is 11.9. The molecule has 0 radical (unpaired) electrons. The second-order valence-electron chi connectivity index (χ2n) is 5.89. The average Bonchev–Trinajstić information content (AvgIpc) is 2.85. The van der Waals surface area contributed by atoms with Crippen molar-refractivity contribution >= 4 is 40.2 Å². The third-order valence-electron chi connectivity index (χ3n) is 3.43. The number of carbonyl (C=O) groups excluding carboxylic acids is 1. The molecule has 2 rings (SSSR count). The number of fused-ring (bicyclic) bond motifs is 1. The van der Waals surface area contributed by atoms with Crippen LogP contribution >= 0.6 is 11.8 Å². The van der Waals surface area contributed by atoms with E-state index in [1.807, 2.05) is 18.2 Å². The second-order valence-corrected chi connectivity index (χ2v) is 7.00. The molecule has 0 fully saturated rings. The Morgan fingerprint density at radius 2 is 2.09 bits per heavy atom. The molecule has 0 bridgehead atoms. The maximum atomic E-state index is 11.9. The summed E-state index contributed by atoms with van der Waals surface area (Å²) in [5.74, 6) is 1.21. The van der Waals surface area contributed by atoms with Crippen LogP contribution in [0.5, 0.6) is 0 Å². The summed E-state index contributed by atoms with van der Waals surface area (Å²) >= 11 is 1.64. The summed E-state index contributed by atoms with van der Waals surface area (Å²) in [6.45, 7) is 4.28. The minimum Gasteiger partial charge on any atom is -0.480 e. The summed E-state index contributed by atoms with van der Waals surface area (Å²) in [6.07, 6.45) is 2.85. The van der Waals surface area contributed by atoms with Gasteiger partial charge in [-0.1, -0.05) is 13.8 Å². The van der Waals surface area contributed by atoms with Crippen LogP contribution in [0.1, 0.15) is 20.3 Å². The highest BCUT2D eigenvalue weighted by Crippen LogP contribution is 2.21. The lowest BCUT2D eigenvalue weighted by Gasteiger charge is -2.07. The Morgan fingerprint density at radius 3 is 2.78 bits per heavy atom. The van der Waals surface area contributed by atoms with Gasteiger partial charge in [0.1, 0.15) is 6.54 Å². The Bertz CT molecular complexity index is 694. The Hall–Kier alpha value is -1.95. The first-order valence-electron chi connectivity index (χ1n) is 7.64. The van der Waals surface area contributed by atoms with Crippen LogP contribution in [0.4, 0.5) is 5.69 Å². The number of rotatable bonds is 8. The van der Waals surface area contributed by atoms with E-state index in [4.69, 9.17) is 5.11 Å². The lowest BCUT2D eigenvalue weighted by atomic mass is 10.2. The molecule has 5 nitrogen and oxygen atoms in total. The number of nitrogens with one attached hydrogen (secondary N) is 1. The zero-order valence-electron chi connectivity index (χ0n) is 13.4. The number of carboxylic acid groups (broad SMARTS) is 1. The number of carbonyl (C=O) groups is 2. The van der Waals surface area contributed by atoms with Crippen LogP contribution < -0.4 is 5.32 Å². The van der Waals surface area contributed by atoms with Crippen LogP contribution in [0.3, 0.4) is 0 Å². The number of benzene rings is 1. The number of carboxylic acids is 1. The monoisotopic (exact) mass is 334 g/mol. The van der Waals surface area contributed by atoms with Crippen LogP contribution in [-0.2, 0) is 16.1 Å². The number of aromatic nitrogens is 1. The predicted molar refractivity (Wildman–Crippen MR) is 95.0 cm³/mol. The maximum Gasteiger partial charge on any atom is 0.323 e. The third-order valence-corrected chi connectivity index (χ3v) is 4.42. The van der Waals surface area contributed by atoms with Gasteiger partial charge in [-0.15, -0.1) is 0 Å². The Kier molecular flexibility index (Phi) is 6.10. The van der Waals surface area contributed by atoms with E-state index in [1.54, 1.807) is 28.6 Å². The van der Waals surface area contributed by atoms with Crippen molar-refractivity contribution in [3.8, 4) is 0 Å². The molecule has 0 atom stereocenters. The topological polar surface area (TPSA) is 71.3 Å². The molecule has 1 aromatic heterocycles. The van der Waals surface area contributed by atoms with E-state index in [-0.39, 0.29) is 12.5 Å². The van der Waals surface area contributed by atoms with E-state index in [9.17, 15) is 9.59 Å². The molecule has 2 N–H and O–H groups in total. The minimum atomic E-state index is -0.877. The van der Waals surface area contributed by atoms with Gasteiger partial charge in [-0.3, -0.25) is 9.59 Å². The number of nitrogens with zero attached hydrogens (tertiary/aromatic N) is 1. The summed E-state index contributed by atoms with van der Waals surface area (Å²) in [5, 5.41) is 12.7. The van der Waals surface area contributed by atoms with E-state index in [0.717, 1.165) is 28.8 Å². The summed E-state index contributed by atoms with van der Waals surface area (Å²) in [6, 6.07) is 7.35. The van der Waals surface area contributed by atoms with Crippen molar-refractivity contribution in [3.63, 3.8) is 0 Å².